The highest BCUT2D eigenvalue weighted by molar-refractivity contribution is 7.13. The fourth-order valence-corrected chi connectivity index (χ4v) is 4.25. The molecule has 2 aromatic rings. The molecule has 2 aliphatic rings. The molecule has 1 fully saturated rings. The molecule has 1 saturated heterocycles. The molecule has 4 rings (SSSR count). The lowest BCUT2D eigenvalue weighted by Gasteiger charge is -2.21. The average Bonchev–Trinajstić information content (AvgIpc) is 3.25. The van der Waals surface area contributed by atoms with Gasteiger partial charge < -0.3 is 9.80 Å². The normalized spacial score (nSPS) is 20.5. The number of benzene rings is 1. The molecule has 2 aliphatic heterocycles. The van der Waals surface area contributed by atoms with Crippen molar-refractivity contribution in [1.29, 1.82) is 0 Å². The van der Waals surface area contributed by atoms with Crippen LogP contribution in [0.15, 0.2) is 29.6 Å². The Morgan fingerprint density at radius 2 is 2.18 bits per heavy atom. The molecular weight excluding hydrogens is 294 g/mol. The number of fused-ring (bicyclic) bond motifs is 1. The van der Waals surface area contributed by atoms with E-state index in [0.717, 1.165) is 49.0 Å². The second-order valence-corrected chi connectivity index (χ2v) is 6.91. The van der Waals surface area contributed by atoms with E-state index in [1.54, 1.807) is 11.3 Å². The molecule has 1 amide bonds. The van der Waals surface area contributed by atoms with Crippen molar-refractivity contribution in [2.45, 2.75) is 19.8 Å². The maximum Gasteiger partial charge on any atom is 0.231 e. The van der Waals surface area contributed by atoms with Crippen LogP contribution in [0.5, 0.6) is 0 Å². The first kappa shape index (κ1) is 13.8. The monoisotopic (exact) mass is 313 g/mol. The van der Waals surface area contributed by atoms with Gasteiger partial charge in [-0.2, -0.15) is 0 Å². The zero-order valence-corrected chi connectivity index (χ0v) is 13.5. The molecule has 0 radical (unpaired) electrons. The summed E-state index contributed by atoms with van der Waals surface area (Å²) in [4.78, 5) is 21.6. The summed E-state index contributed by atoms with van der Waals surface area (Å²) in [5.74, 6) is 0.371. The lowest BCUT2D eigenvalue weighted by Crippen LogP contribution is -2.36. The van der Waals surface area contributed by atoms with Crippen LogP contribution in [0.1, 0.15) is 17.7 Å². The van der Waals surface area contributed by atoms with Crippen LogP contribution in [-0.2, 0) is 11.2 Å². The molecule has 0 bridgehead atoms. The van der Waals surface area contributed by atoms with Crippen molar-refractivity contribution in [3.63, 3.8) is 0 Å². The van der Waals surface area contributed by atoms with Gasteiger partial charge in [0, 0.05) is 30.7 Å². The van der Waals surface area contributed by atoms with Crippen LogP contribution in [-0.4, -0.2) is 30.5 Å². The Hall–Kier alpha value is -1.88. The van der Waals surface area contributed by atoms with Crippen LogP contribution in [0.25, 0.3) is 0 Å². The zero-order valence-electron chi connectivity index (χ0n) is 12.7. The van der Waals surface area contributed by atoms with Gasteiger partial charge in [0.15, 0.2) is 5.13 Å². The molecule has 0 spiro atoms. The highest BCUT2D eigenvalue weighted by Gasteiger charge is 2.35. The van der Waals surface area contributed by atoms with Gasteiger partial charge in [-0.1, -0.05) is 18.2 Å². The molecular formula is C17H19N3OS. The summed E-state index contributed by atoms with van der Waals surface area (Å²) in [6, 6.07) is 8.26. The number of anilines is 2. The third kappa shape index (κ3) is 2.29. The Kier molecular flexibility index (Phi) is 3.37. The number of aryl methyl sites for hydroxylation is 1. The Morgan fingerprint density at radius 3 is 3.00 bits per heavy atom. The summed E-state index contributed by atoms with van der Waals surface area (Å²) < 4.78 is 0. The Morgan fingerprint density at radius 1 is 1.32 bits per heavy atom. The van der Waals surface area contributed by atoms with Crippen LogP contribution >= 0.6 is 11.3 Å². The summed E-state index contributed by atoms with van der Waals surface area (Å²) in [6.45, 7) is 4.56. The molecule has 0 saturated carbocycles. The smallest absolute Gasteiger partial charge is 0.231 e. The fraction of sp³-hybridized carbons (Fsp3) is 0.412. The van der Waals surface area contributed by atoms with Gasteiger partial charge in [-0.3, -0.25) is 4.79 Å². The summed E-state index contributed by atoms with van der Waals surface area (Å²) in [5.41, 5.74) is 3.46. The second kappa shape index (κ2) is 5.39. The molecule has 3 heterocycles. The largest absolute Gasteiger partial charge is 0.347 e. The number of amides is 1. The van der Waals surface area contributed by atoms with Crippen molar-refractivity contribution >= 4 is 28.1 Å². The van der Waals surface area contributed by atoms with Crippen LogP contribution in [0.4, 0.5) is 10.8 Å². The Bertz CT molecular complexity index is 711. The number of hydrogen-bond donors (Lipinski definition) is 0. The van der Waals surface area contributed by atoms with Crippen LogP contribution in [0, 0.1) is 12.8 Å². The predicted molar refractivity (Wildman–Crippen MR) is 89.7 cm³/mol. The van der Waals surface area contributed by atoms with Gasteiger partial charge >= 0.3 is 0 Å². The summed E-state index contributed by atoms with van der Waals surface area (Å²) >= 11 is 1.67. The van der Waals surface area contributed by atoms with Crippen molar-refractivity contribution < 1.29 is 4.79 Å². The van der Waals surface area contributed by atoms with E-state index in [4.69, 9.17) is 0 Å². The lowest BCUT2D eigenvalue weighted by molar-refractivity contribution is -0.121. The number of thiazole rings is 1. The molecule has 4 nitrogen and oxygen atoms in total. The van der Waals surface area contributed by atoms with Crippen LogP contribution in [0.2, 0.25) is 0 Å². The molecule has 1 unspecified atom stereocenters. The third-order valence-corrected chi connectivity index (χ3v) is 5.59. The number of rotatable bonds is 2. The Balaban J connectivity index is 1.49. The highest BCUT2D eigenvalue weighted by Crippen LogP contribution is 2.32. The van der Waals surface area contributed by atoms with E-state index in [0.29, 0.717) is 0 Å². The molecule has 22 heavy (non-hydrogen) atoms. The van der Waals surface area contributed by atoms with Crippen molar-refractivity contribution in [1.82, 2.24) is 4.98 Å². The molecule has 0 aliphatic carbocycles. The standard InChI is InChI=1S/C17H19N3OS/c1-12-11-22-17(18-12)19-8-6-14(10-19)16(21)20-9-7-13-4-2-3-5-15(13)20/h2-5,11,14H,6-10H2,1H3. The number of para-hydroxylation sites is 1. The van der Waals surface area contributed by atoms with E-state index in [-0.39, 0.29) is 11.8 Å². The number of carbonyl (C=O) groups is 1. The van der Waals surface area contributed by atoms with Crippen molar-refractivity contribution in [3.8, 4) is 0 Å². The third-order valence-electron chi connectivity index (χ3n) is 4.57. The first-order valence-electron chi connectivity index (χ1n) is 7.79. The Labute approximate surface area is 134 Å². The molecule has 1 aromatic carbocycles. The van der Waals surface area contributed by atoms with Crippen LogP contribution in [0.3, 0.4) is 0 Å². The fourth-order valence-electron chi connectivity index (χ4n) is 3.41. The lowest BCUT2D eigenvalue weighted by atomic mass is 10.1. The van der Waals surface area contributed by atoms with Gasteiger partial charge in [0.25, 0.3) is 0 Å². The molecule has 1 aromatic heterocycles. The van der Waals surface area contributed by atoms with E-state index in [1.807, 2.05) is 17.9 Å². The maximum atomic E-state index is 12.9. The number of aromatic nitrogens is 1. The van der Waals surface area contributed by atoms with Gasteiger partial charge in [-0.05, 0) is 31.4 Å². The van der Waals surface area contributed by atoms with Gasteiger partial charge in [-0.15, -0.1) is 11.3 Å². The zero-order chi connectivity index (χ0) is 15.1. The molecule has 114 valence electrons. The van der Waals surface area contributed by atoms with Gasteiger partial charge in [0.1, 0.15) is 0 Å². The van der Waals surface area contributed by atoms with Crippen molar-refractivity contribution in [2.24, 2.45) is 5.92 Å². The van der Waals surface area contributed by atoms with Gasteiger partial charge in [0.05, 0.1) is 11.6 Å². The van der Waals surface area contributed by atoms with Crippen molar-refractivity contribution in [2.75, 3.05) is 29.4 Å². The van der Waals surface area contributed by atoms with E-state index in [2.05, 4.69) is 33.5 Å². The quantitative estimate of drug-likeness (QED) is 0.855. The highest BCUT2D eigenvalue weighted by atomic mass is 32.1. The van der Waals surface area contributed by atoms with Gasteiger partial charge in [-0.25, -0.2) is 4.98 Å². The minimum absolute atomic E-state index is 0.0929. The minimum atomic E-state index is 0.0929. The number of carbonyl (C=O) groups excluding carboxylic acids is 1. The van der Waals surface area contributed by atoms with Gasteiger partial charge in [0.2, 0.25) is 5.91 Å². The van der Waals surface area contributed by atoms with E-state index >= 15 is 0 Å². The first-order chi connectivity index (χ1) is 10.7. The SMILES string of the molecule is Cc1csc(N2CCC(C(=O)N3CCc4ccccc43)C2)n1. The topological polar surface area (TPSA) is 36.4 Å². The van der Waals surface area contributed by atoms with E-state index < -0.39 is 0 Å². The summed E-state index contributed by atoms with van der Waals surface area (Å²) in [7, 11) is 0. The second-order valence-electron chi connectivity index (χ2n) is 6.07. The molecule has 0 N–H and O–H groups in total. The summed E-state index contributed by atoms with van der Waals surface area (Å²) in [6.07, 6.45) is 1.90. The van der Waals surface area contributed by atoms with E-state index in [1.165, 1.54) is 5.56 Å². The minimum Gasteiger partial charge on any atom is -0.347 e. The first-order valence-corrected chi connectivity index (χ1v) is 8.67. The number of hydrogen-bond acceptors (Lipinski definition) is 4. The maximum absolute atomic E-state index is 12.9. The number of nitrogens with zero attached hydrogens (tertiary/aromatic N) is 3. The predicted octanol–water partition coefficient (Wildman–Crippen LogP) is 2.87. The summed E-state index contributed by atoms with van der Waals surface area (Å²) in [5, 5.41) is 3.12. The molecule has 1 atom stereocenters. The van der Waals surface area contributed by atoms with E-state index in [9.17, 15) is 4.79 Å². The molecule has 5 heteroatoms. The van der Waals surface area contributed by atoms with Crippen molar-refractivity contribution in [3.05, 3.63) is 40.9 Å². The average molecular weight is 313 g/mol. The van der Waals surface area contributed by atoms with Crippen LogP contribution < -0.4 is 9.80 Å².